The molecule has 3 aromatic rings. The number of fused-ring (bicyclic) bond motifs is 1. The number of benzene rings is 2. The summed E-state index contributed by atoms with van der Waals surface area (Å²) in [7, 11) is 0. The quantitative estimate of drug-likeness (QED) is 0.753. The van der Waals surface area contributed by atoms with Crippen LogP contribution in [0.4, 0.5) is 0 Å². The van der Waals surface area contributed by atoms with Gasteiger partial charge >= 0.3 is 0 Å². The van der Waals surface area contributed by atoms with Crippen molar-refractivity contribution in [1.82, 2.24) is 15.1 Å². The number of hydrogen-bond acceptors (Lipinski definition) is 3. The topological polar surface area (TPSA) is 39.1 Å². The number of nitrogens with one attached hydrogen (secondary N) is 1. The largest absolute Gasteiger partial charge is 0.492 e. The van der Waals surface area contributed by atoms with Crippen molar-refractivity contribution in [3.63, 3.8) is 0 Å². The van der Waals surface area contributed by atoms with E-state index in [9.17, 15) is 0 Å². The molecule has 2 aromatic carbocycles. The van der Waals surface area contributed by atoms with Crippen molar-refractivity contribution < 1.29 is 4.74 Å². The van der Waals surface area contributed by atoms with Crippen LogP contribution in [0.15, 0.2) is 48.5 Å². The van der Waals surface area contributed by atoms with Crippen LogP contribution in [0.2, 0.25) is 5.15 Å². The maximum atomic E-state index is 6.44. The second-order valence-corrected chi connectivity index (χ2v) is 6.18. The van der Waals surface area contributed by atoms with Gasteiger partial charge in [0.15, 0.2) is 0 Å². The Kier molecular flexibility index (Phi) is 5.29. The van der Waals surface area contributed by atoms with Crippen LogP contribution in [0.25, 0.3) is 16.6 Å². The predicted molar refractivity (Wildman–Crippen MR) is 99.8 cm³/mol. The lowest BCUT2D eigenvalue weighted by Gasteiger charge is -2.12. The van der Waals surface area contributed by atoms with Crippen LogP contribution in [-0.2, 0) is 0 Å². The molecular formula is C18H19Cl2N3O. The van der Waals surface area contributed by atoms with E-state index < -0.39 is 0 Å². The van der Waals surface area contributed by atoms with Crippen LogP contribution in [0, 0.1) is 0 Å². The lowest BCUT2D eigenvalue weighted by atomic mass is 10.2. The number of ether oxygens (including phenoxy) is 1. The number of rotatable bonds is 4. The maximum Gasteiger partial charge on any atom is 0.140 e. The van der Waals surface area contributed by atoms with Gasteiger partial charge in [0.25, 0.3) is 0 Å². The van der Waals surface area contributed by atoms with E-state index in [1.54, 1.807) is 4.68 Å². The van der Waals surface area contributed by atoms with Crippen molar-refractivity contribution in [3.05, 3.63) is 53.7 Å². The molecule has 4 nitrogen and oxygen atoms in total. The van der Waals surface area contributed by atoms with Crippen LogP contribution >= 0.6 is 24.0 Å². The third-order valence-electron chi connectivity index (χ3n) is 4.21. The van der Waals surface area contributed by atoms with Gasteiger partial charge in [-0.15, -0.1) is 12.4 Å². The second kappa shape index (κ2) is 7.43. The number of halogens is 2. The Morgan fingerprint density at radius 1 is 1.17 bits per heavy atom. The molecule has 24 heavy (non-hydrogen) atoms. The molecule has 0 saturated carbocycles. The van der Waals surface area contributed by atoms with Crippen LogP contribution in [0.1, 0.15) is 12.8 Å². The highest BCUT2D eigenvalue weighted by atomic mass is 35.5. The third-order valence-corrected chi connectivity index (χ3v) is 4.58. The van der Waals surface area contributed by atoms with E-state index in [-0.39, 0.29) is 12.4 Å². The van der Waals surface area contributed by atoms with Gasteiger partial charge in [0.2, 0.25) is 0 Å². The summed E-state index contributed by atoms with van der Waals surface area (Å²) >= 11 is 6.44. The molecule has 1 aromatic heterocycles. The first kappa shape index (κ1) is 17.1. The maximum absolute atomic E-state index is 6.44. The van der Waals surface area contributed by atoms with Crippen molar-refractivity contribution in [3.8, 4) is 11.4 Å². The van der Waals surface area contributed by atoms with Crippen molar-refractivity contribution in [1.29, 1.82) is 0 Å². The van der Waals surface area contributed by atoms with Gasteiger partial charge in [0, 0.05) is 11.4 Å². The number of aromatic nitrogens is 2. The Hall–Kier alpha value is -1.75. The lowest BCUT2D eigenvalue weighted by Crippen LogP contribution is -2.28. The van der Waals surface area contributed by atoms with Gasteiger partial charge in [-0.3, -0.25) is 0 Å². The van der Waals surface area contributed by atoms with Crippen molar-refractivity contribution in [2.75, 3.05) is 13.2 Å². The van der Waals surface area contributed by atoms with Crippen LogP contribution in [0.3, 0.4) is 0 Å². The normalized spacial score (nSPS) is 17.0. The smallest absolute Gasteiger partial charge is 0.140 e. The summed E-state index contributed by atoms with van der Waals surface area (Å²) in [4.78, 5) is 0. The average molecular weight is 364 g/mol. The summed E-state index contributed by atoms with van der Waals surface area (Å²) in [6, 6.07) is 16.2. The van der Waals surface area contributed by atoms with E-state index in [1.807, 2.05) is 48.5 Å². The van der Waals surface area contributed by atoms with Gasteiger partial charge in [-0.2, -0.15) is 5.10 Å². The van der Waals surface area contributed by atoms with E-state index in [0.29, 0.717) is 17.8 Å². The van der Waals surface area contributed by atoms with Crippen molar-refractivity contribution in [2.24, 2.45) is 0 Å². The fraction of sp³-hybridized carbons (Fsp3) is 0.278. The molecule has 1 aliphatic heterocycles. The van der Waals surface area contributed by atoms with Crippen LogP contribution in [0.5, 0.6) is 5.75 Å². The molecular weight excluding hydrogens is 345 g/mol. The van der Waals surface area contributed by atoms with E-state index in [2.05, 4.69) is 10.4 Å². The van der Waals surface area contributed by atoms with E-state index in [1.165, 1.54) is 12.8 Å². The van der Waals surface area contributed by atoms with Gasteiger partial charge in [0.1, 0.15) is 17.5 Å². The molecule has 0 amide bonds. The summed E-state index contributed by atoms with van der Waals surface area (Å²) in [6.45, 7) is 1.81. The van der Waals surface area contributed by atoms with E-state index in [4.69, 9.17) is 16.3 Å². The lowest BCUT2D eigenvalue weighted by molar-refractivity contribution is 0.277. The van der Waals surface area contributed by atoms with Gasteiger partial charge in [0.05, 0.1) is 11.2 Å². The molecule has 6 heteroatoms. The fourth-order valence-corrected chi connectivity index (χ4v) is 3.25. The third kappa shape index (κ3) is 3.36. The molecule has 126 valence electrons. The molecule has 2 heterocycles. The van der Waals surface area contributed by atoms with Gasteiger partial charge in [-0.05, 0) is 55.8 Å². The van der Waals surface area contributed by atoms with Gasteiger partial charge in [-0.1, -0.05) is 23.7 Å². The highest BCUT2D eigenvalue weighted by Gasteiger charge is 2.14. The molecule has 1 atom stereocenters. The predicted octanol–water partition coefficient (Wildman–Crippen LogP) is 4.23. The monoisotopic (exact) mass is 363 g/mol. The zero-order chi connectivity index (χ0) is 15.6. The highest BCUT2D eigenvalue weighted by molar-refractivity contribution is 6.34. The Balaban J connectivity index is 0.00000169. The Morgan fingerprint density at radius 3 is 2.67 bits per heavy atom. The molecule has 4 rings (SSSR count). The standard InChI is InChI=1S/C18H18ClN3O.ClH/c19-18-16-5-1-2-6-17(16)21-22(18)14-7-9-15(10-8-14)23-12-13-4-3-11-20-13;/h1-2,5-10,13,20H,3-4,11-12H2;1H/t13-;/m0./s1. The molecule has 0 aliphatic carbocycles. The summed E-state index contributed by atoms with van der Waals surface area (Å²) in [5.74, 6) is 0.871. The summed E-state index contributed by atoms with van der Waals surface area (Å²) in [5, 5.41) is 9.57. The van der Waals surface area contributed by atoms with Crippen molar-refractivity contribution >= 4 is 34.9 Å². The van der Waals surface area contributed by atoms with Crippen LogP contribution in [-0.4, -0.2) is 29.0 Å². The molecule has 1 N–H and O–H groups in total. The average Bonchev–Trinajstić information content (AvgIpc) is 3.22. The summed E-state index contributed by atoms with van der Waals surface area (Å²) in [6.07, 6.45) is 2.42. The minimum Gasteiger partial charge on any atom is -0.492 e. The summed E-state index contributed by atoms with van der Waals surface area (Å²) < 4.78 is 7.60. The Morgan fingerprint density at radius 2 is 1.96 bits per heavy atom. The zero-order valence-electron chi connectivity index (χ0n) is 13.1. The minimum absolute atomic E-state index is 0. The summed E-state index contributed by atoms with van der Waals surface area (Å²) in [5.41, 5.74) is 1.82. The number of hydrogen-bond donors (Lipinski definition) is 1. The number of nitrogens with zero attached hydrogens (tertiary/aromatic N) is 2. The molecule has 1 fully saturated rings. The minimum atomic E-state index is 0. The zero-order valence-corrected chi connectivity index (χ0v) is 14.7. The first-order valence-corrected chi connectivity index (χ1v) is 8.29. The Bertz CT molecular complexity index is 811. The Labute approximate surface area is 152 Å². The molecule has 1 saturated heterocycles. The van der Waals surface area contributed by atoms with E-state index >= 15 is 0 Å². The highest BCUT2D eigenvalue weighted by Crippen LogP contribution is 2.26. The fourth-order valence-electron chi connectivity index (χ4n) is 2.95. The molecule has 0 unspecified atom stereocenters. The van der Waals surface area contributed by atoms with Gasteiger partial charge in [-0.25, -0.2) is 4.68 Å². The van der Waals surface area contributed by atoms with E-state index in [0.717, 1.165) is 28.9 Å². The molecule has 0 spiro atoms. The SMILES string of the molecule is Cl.Clc1c2ccccc2nn1-c1ccc(OC[C@@H]2CCCN2)cc1. The molecule has 0 radical (unpaired) electrons. The first-order valence-electron chi connectivity index (χ1n) is 7.91. The second-order valence-electron chi connectivity index (χ2n) is 5.82. The first-order chi connectivity index (χ1) is 11.3. The molecule has 0 bridgehead atoms. The van der Waals surface area contributed by atoms with Gasteiger partial charge < -0.3 is 10.1 Å². The van der Waals surface area contributed by atoms with Crippen molar-refractivity contribution in [2.45, 2.75) is 18.9 Å². The molecule has 1 aliphatic rings. The van der Waals surface area contributed by atoms with Crippen LogP contribution < -0.4 is 10.1 Å².